The summed E-state index contributed by atoms with van der Waals surface area (Å²) in [6.07, 6.45) is 1.39. The van der Waals surface area contributed by atoms with Gasteiger partial charge in [-0.05, 0) is 54.6 Å². The summed E-state index contributed by atoms with van der Waals surface area (Å²) in [5.74, 6) is -0.333. The Hall–Kier alpha value is -3.63. The van der Waals surface area contributed by atoms with Crippen LogP contribution in [-0.4, -0.2) is 33.9 Å². The number of ether oxygens (including phenoxy) is 1. The molecule has 1 aromatic heterocycles. The van der Waals surface area contributed by atoms with Crippen molar-refractivity contribution in [1.82, 2.24) is 4.72 Å². The highest BCUT2D eigenvalue weighted by molar-refractivity contribution is 7.89. The number of benzene rings is 2. The lowest BCUT2D eigenvalue weighted by Crippen LogP contribution is -2.32. The molecule has 156 valence electrons. The molecule has 0 bridgehead atoms. The molecule has 3 aromatic rings. The first-order valence-corrected chi connectivity index (χ1v) is 10.2. The van der Waals surface area contributed by atoms with Crippen molar-refractivity contribution in [2.24, 2.45) is 0 Å². The third kappa shape index (κ3) is 5.46. The summed E-state index contributed by atoms with van der Waals surface area (Å²) in [6.45, 7) is -0.461. The number of sulfonamides is 1. The second-order valence-electron chi connectivity index (χ2n) is 6.06. The maximum atomic E-state index is 12.3. The zero-order valence-corrected chi connectivity index (χ0v) is 16.7. The van der Waals surface area contributed by atoms with Crippen LogP contribution in [0, 0.1) is 0 Å². The number of methoxy groups -OCH3 is 1. The van der Waals surface area contributed by atoms with Crippen LogP contribution in [0.2, 0.25) is 0 Å². The minimum absolute atomic E-state index is 0.0127. The monoisotopic (exact) mass is 429 g/mol. The number of carbonyl (C=O) groups excluding carboxylic acids is 2. The van der Waals surface area contributed by atoms with Crippen LogP contribution >= 0.6 is 0 Å². The third-order valence-corrected chi connectivity index (χ3v) is 5.36. The molecule has 0 radical (unpaired) electrons. The fourth-order valence-corrected chi connectivity index (χ4v) is 3.46. The third-order valence-electron chi connectivity index (χ3n) is 3.94. The van der Waals surface area contributed by atoms with Crippen molar-refractivity contribution in [1.29, 1.82) is 0 Å². The van der Waals surface area contributed by atoms with Gasteiger partial charge in [0, 0.05) is 11.4 Å². The van der Waals surface area contributed by atoms with Gasteiger partial charge in [-0.3, -0.25) is 9.59 Å². The van der Waals surface area contributed by atoms with Crippen LogP contribution in [0.5, 0.6) is 5.75 Å². The average molecular weight is 429 g/mol. The lowest BCUT2D eigenvalue weighted by molar-refractivity contribution is -0.115. The molecule has 1 heterocycles. The molecule has 0 saturated heterocycles. The SMILES string of the molecule is COc1ccc(S(=O)(=O)NCC(=O)Nc2cccc(NC(=O)c3ccco3)c2)cc1. The first kappa shape index (κ1) is 21.1. The summed E-state index contributed by atoms with van der Waals surface area (Å²) >= 11 is 0. The van der Waals surface area contributed by atoms with E-state index in [1.807, 2.05) is 0 Å². The Kier molecular flexibility index (Phi) is 6.50. The Morgan fingerprint density at radius 3 is 2.30 bits per heavy atom. The van der Waals surface area contributed by atoms with E-state index in [9.17, 15) is 18.0 Å². The molecule has 2 amide bonds. The Labute approximate surface area is 173 Å². The lowest BCUT2D eigenvalue weighted by Gasteiger charge is -2.10. The zero-order chi connectivity index (χ0) is 21.6. The van der Waals surface area contributed by atoms with Gasteiger partial charge in [-0.2, -0.15) is 0 Å². The van der Waals surface area contributed by atoms with E-state index in [0.717, 1.165) is 0 Å². The Morgan fingerprint density at radius 1 is 0.967 bits per heavy atom. The number of hydrogen-bond donors (Lipinski definition) is 3. The van der Waals surface area contributed by atoms with E-state index in [1.165, 1.54) is 49.8 Å². The van der Waals surface area contributed by atoms with Crippen LogP contribution in [-0.2, 0) is 14.8 Å². The van der Waals surface area contributed by atoms with Crippen LogP contribution in [0.4, 0.5) is 11.4 Å². The van der Waals surface area contributed by atoms with E-state index in [1.54, 1.807) is 24.3 Å². The summed E-state index contributed by atoms with van der Waals surface area (Å²) in [7, 11) is -2.38. The number of carbonyl (C=O) groups is 2. The van der Waals surface area contributed by atoms with Gasteiger partial charge in [-0.15, -0.1) is 0 Å². The Bertz CT molecular complexity index is 1130. The highest BCUT2D eigenvalue weighted by Crippen LogP contribution is 2.17. The van der Waals surface area contributed by atoms with Gasteiger partial charge >= 0.3 is 0 Å². The number of rotatable bonds is 8. The smallest absolute Gasteiger partial charge is 0.291 e. The van der Waals surface area contributed by atoms with E-state index in [2.05, 4.69) is 15.4 Å². The molecular formula is C20H19N3O6S. The fourth-order valence-electron chi connectivity index (χ4n) is 2.48. The first-order chi connectivity index (χ1) is 14.4. The van der Waals surface area contributed by atoms with Gasteiger partial charge in [0.1, 0.15) is 5.75 Å². The summed E-state index contributed by atoms with van der Waals surface area (Å²) in [4.78, 5) is 24.2. The van der Waals surface area contributed by atoms with Gasteiger partial charge in [0.2, 0.25) is 15.9 Å². The predicted molar refractivity (Wildman–Crippen MR) is 110 cm³/mol. The first-order valence-electron chi connectivity index (χ1n) is 8.76. The van der Waals surface area contributed by atoms with Gasteiger partial charge in [0.15, 0.2) is 5.76 Å². The van der Waals surface area contributed by atoms with Crippen LogP contribution in [0.3, 0.4) is 0 Å². The standard InChI is InChI=1S/C20H19N3O6S/c1-28-16-7-9-17(10-8-16)30(26,27)21-13-19(24)22-14-4-2-5-15(12-14)23-20(25)18-6-3-11-29-18/h2-12,21H,13H2,1H3,(H,22,24)(H,23,25). The van der Waals surface area contributed by atoms with Crippen molar-refractivity contribution in [3.8, 4) is 5.75 Å². The Morgan fingerprint density at radius 2 is 1.67 bits per heavy atom. The number of furan rings is 1. The van der Waals surface area contributed by atoms with Gasteiger partial charge in [-0.25, -0.2) is 13.1 Å². The van der Waals surface area contributed by atoms with Crippen molar-refractivity contribution in [2.75, 3.05) is 24.3 Å². The van der Waals surface area contributed by atoms with E-state index in [0.29, 0.717) is 17.1 Å². The second kappa shape index (κ2) is 9.25. The molecule has 0 aliphatic heterocycles. The number of hydrogen-bond acceptors (Lipinski definition) is 6. The van der Waals surface area contributed by atoms with Crippen molar-refractivity contribution >= 4 is 33.2 Å². The molecule has 3 N–H and O–H groups in total. The van der Waals surface area contributed by atoms with E-state index < -0.39 is 28.4 Å². The molecule has 0 fully saturated rings. The molecule has 0 aliphatic rings. The van der Waals surface area contributed by atoms with Crippen LogP contribution in [0.1, 0.15) is 10.6 Å². The number of amides is 2. The zero-order valence-electron chi connectivity index (χ0n) is 15.9. The summed E-state index contributed by atoms with van der Waals surface area (Å²) in [5.41, 5.74) is 0.828. The van der Waals surface area contributed by atoms with Gasteiger partial charge in [-0.1, -0.05) is 6.07 Å². The van der Waals surface area contributed by atoms with Crippen LogP contribution in [0.25, 0.3) is 0 Å². The highest BCUT2D eigenvalue weighted by atomic mass is 32.2. The summed E-state index contributed by atoms with van der Waals surface area (Å²) in [6, 6.07) is 15.3. The number of anilines is 2. The Balaban J connectivity index is 1.57. The normalized spacial score (nSPS) is 11.0. The molecule has 0 unspecified atom stereocenters. The van der Waals surface area contributed by atoms with Gasteiger partial charge < -0.3 is 19.8 Å². The molecule has 0 spiro atoms. The van der Waals surface area contributed by atoms with Crippen molar-refractivity contribution in [2.45, 2.75) is 4.90 Å². The van der Waals surface area contributed by atoms with Gasteiger partial charge in [0.05, 0.1) is 24.8 Å². The number of nitrogens with one attached hydrogen (secondary N) is 3. The molecule has 2 aromatic carbocycles. The molecule has 0 saturated carbocycles. The average Bonchev–Trinajstić information content (AvgIpc) is 3.28. The van der Waals surface area contributed by atoms with Crippen LogP contribution in [0.15, 0.2) is 76.2 Å². The van der Waals surface area contributed by atoms with E-state index in [4.69, 9.17) is 9.15 Å². The minimum Gasteiger partial charge on any atom is -0.497 e. The second-order valence-corrected chi connectivity index (χ2v) is 7.83. The van der Waals surface area contributed by atoms with Crippen LogP contribution < -0.4 is 20.1 Å². The molecule has 0 aliphatic carbocycles. The molecule has 30 heavy (non-hydrogen) atoms. The molecular weight excluding hydrogens is 410 g/mol. The quantitative estimate of drug-likeness (QED) is 0.505. The minimum atomic E-state index is -3.86. The lowest BCUT2D eigenvalue weighted by atomic mass is 10.2. The summed E-state index contributed by atoms with van der Waals surface area (Å²) in [5, 5.41) is 5.21. The van der Waals surface area contributed by atoms with Crippen molar-refractivity contribution in [3.05, 3.63) is 72.7 Å². The maximum Gasteiger partial charge on any atom is 0.291 e. The largest absolute Gasteiger partial charge is 0.497 e. The molecule has 10 heteroatoms. The van der Waals surface area contributed by atoms with E-state index >= 15 is 0 Å². The highest BCUT2D eigenvalue weighted by Gasteiger charge is 2.16. The molecule has 9 nitrogen and oxygen atoms in total. The fraction of sp³-hybridized carbons (Fsp3) is 0.100. The van der Waals surface area contributed by atoms with Gasteiger partial charge in [0.25, 0.3) is 5.91 Å². The predicted octanol–water partition coefficient (Wildman–Crippen LogP) is 2.46. The van der Waals surface area contributed by atoms with Crippen molar-refractivity contribution in [3.63, 3.8) is 0 Å². The molecule has 3 rings (SSSR count). The topological polar surface area (TPSA) is 127 Å². The maximum absolute atomic E-state index is 12.3. The summed E-state index contributed by atoms with van der Waals surface area (Å²) < 4.78 is 36.8. The molecule has 0 atom stereocenters. The van der Waals surface area contributed by atoms with E-state index in [-0.39, 0.29) is 10.7 Å². The van der Waals surface area contributed by atoms with Crippen molar-refractivity contribution < 1.29 is 27.2 Å².